The van der Waals surface area contributed by atoms with Gasteiger partial charge in [-0.15, -0.1) is 11.3 Å². The predicted octanol–water partition coefficient (Wildman–Crippen LogP) is 3.38. The topological polar surface area (TPSA) is 80.3 Å². The minimum Gasteiger partial charge on any atom is -0.222 e. The fourth-order valence-corrected chi connectivity index (χ4v) is 6.54. The van der Waals surface area contributed by atoms with Crippen LogP contribution in [0.1, 0.15) is 10.8 Å². The zero-order valence-electron chi connectivity index (χ0n) is 13.9. The summed E-state index contributed by atoms with van der Waals surface area (Å²) in [7, 11) is -7.78. The van der Waals surface area contributed by atoms with Crippen LogP contribution in [0.2, 0.25) is 0 Å². The molecule has 0 spiro atoms. The van der Waals surface area contributed by atoms with Crippen molar-refractivity contribution in [1.29, 1.82) is 0 Å². The molecular formula is C18H16FNO4S3. The van der Waals surface area contributed by atoms with Gasteiger partial charge in [0.15, 0.2) is 9.84 Å². The molecule has 0 radical (unpaired) electrons. The maximum Gasteiger partial charge on any atom is 0.240 e. The fraction of sp³-hybridized carbons (Fsp3) is 0.111. The second-order valence-corrected chi connectivity index (χ2v) is 10.8. The molecule has 0 saturated carbocycles. The Bertz CT molecular complexity index is 1100. The first-order valence-corrected chi connectivity index (χ1v) is 11.8. The maximum absolute atomic E-state index is 13.0. The van der Waals surface area contributed by atoms with Gasteiger partial charge in [0.2, 0.25) is 10.0 Å². The maximum atomic E-state index is 13.0. The second-order valence-electron chi connectivity index (χ2n) is 5.68. The predicted molar refractivity (Wildman–Crippen MR) is 102 cm³/mol. The Morgan fingerprint density at radius 1 is 0.889 bits per heavy atom. The molecular weight excluding hydrogens is 409 g/mol. The van der Waals surface area contributed by atoms with Crippen molar-refractivity contribution in [3.63, 3.8) is 0 Å². The van der Waals surface area contributed by atoms with Crippen molar-refractivity contribution in [2.24, 2.45) is 0 Å². The molecule has 3 rings (SSSR count). The Hall–Kier alpha value is -2.07. The number of halogens is 1. The Morgan fingerprint density at radius 2 is 1.56 bits per heavy atom. The largest absolute Gasteiger partial charge is 0.240 e. The summed E-state index contributed by atoms with van der Waals surface area (Å²) < 4.78 is 66.5. The summed E-state index contributed by atoms with van der Waals surface area (Å²) in [5, 5.41) is 0.560. The van der Waals surface area contributed by atoms with Crippen molar-refractivity contribution in [2.75, 3.05) is 6.54 Å². The molecule has 3 aromatic rings. The zero-order chi connectivity index (χ0) is 19.5. The van der Waals surface area contributed by atoms with E-state index >= 15 is 0 Å². The van der Waals surface area contributed by atoms with Crippen LogP contribution in [0.15, 0.2) is 81.2 Å². The number of hydrogen-bond donors (Lipinski definition) is 1. The number of hydrogen-bond acceptors (Lipinski definition) is 5. The van der Waals surface area contributed by atoms with Crippen LogP contribution < -0.4 is 4.72 Å². The van der Waals surface area contributed by atoms with Gasteiger partial charge in [-0.3, -0.25) is 0 Å². The van der Waals surface area contributed by atoms with Crippen LogP contribution >= 0.6 is 11.3 Å². The van der Waals surface area contributed by atoms with Gasteiger partial charge in [0, 0.05) is 6.54 Å². The molecule has 0 unspecified atom stereocenters. The number of rotatable bonds is 7. The summed E-state index contributed by atoms with van der Waals surface area (Å²) in [6, 6.07) is 15.9. The van der Waals surface area contributed by atoms with Gasteiger partial charge in [-0.05, 0) is 41.3 Å². The lowest BCUT2D eigenvalue weighted by Crippen LogP contribution is -2.31. The molecule has 1 N–H and O–H groups in total. The van der Waals surface area contributed by atoms with Crippen molar-refractivity contribution in [1.82, 2.24) is 4.72 Å². The molecule has 142 valence electrons. The highest BCUT2D eigenvalue weighted by Gasteiger charge is 2.31. The molecule has 0 aliphatic rings. The van der Waals surface area contributed by atoms with Gasteiger partial charge in [-0.2, -0.15) is 0 Å². The lowest BCUT2D eigenvalue weighted by Gasteiger charge is -2.18. The second kappa shape index (κ2) is 7.89. The molecule has 0 aliphatic carbocycles. The van der Waals surface area contributed by atoms with Crippen LogP contribution in [0.3, 0.4) is 0 Å². The first-order chi connectivity index (χ1) is 12.8. The van der Waals surface area contributed by atoms with Crippen molar-refractivity contribution in [2.45, 2.75) is 14.4 Å². The number of sulfonamides is 1. The SMILES string of the molecule is O=S(=O)(NC[C@@H](c1ccccc1)S(=O)(=O)c1cccs1)c1ccc(F)cc1. The van der Waals surface area contributed by atoms with Gasteiger partial charge < -0.3 is 0 Å². The molecule has 1 heterocycles. The summed E-state index contributed by atoms with van der Waals surface area (Å²) in [6.45, 7) is -0.343. The average molecular weight is 426 g/mol. The molecule has 0 amide bonds. The molecule has 0 fully saturated rings. The number of benzene rings is 2. The van der Waals surface area contributed by atoms with Crippen molar-refractivity contribution >= 4 is 31.2 Å². The Kier molecular flexibility index (Phi) is 5.75. The summed E-state index contributed by atoms with van der Waals surface area (Å²) in [5.74, 6) is -0.559. The van der Waals surface area contributed by atoms with E-state index in [-0.39, 0.29) is 15.6 Å². The Balaban J connectivity index is 1.92. The normalized spacial score (nSPS) is 13.4. The van der Waals surface area contributed by atoms with Gasteiger partial charge in [0.1, 0.15) is 15.3 Å². The van der Waals surface area contributed by atoms with Gasteiger partial charge in [0.25, 0.3) is 0 Å². The monoisotopic (exact) mass is 425 g/mol. The van der Waals surface area contributed by atoms with E-state index in [1.165, 1.54) is 6.07 Å². The molecule has 27 heavy (non-hydrogen) atoms. The highest BCUT2D eigenvalue weighted by atomic mass is 32.2. The van der Waals surface area contributed by atoms with E-state index < -0.39 is 30.9 Å². The van der Waals surface area contributed by atoms with Crippen LogP contribution in [-0.4, -0.2) is 23.4 Å². The van der Waals surface area contributed by atoms with Gasteiger partial charge in [0.05, 0.1) is 4.90 Å². The quantitative estimate of drug-likeness (QED) is 0.629. The Morgan fingerprint density at radius 3 is 2.15 bits per heavy atom. The van der Waals surface area contributed by atoms with Crippen LogP contribution in [0.5, 0.6) is 0 Å². The van der Waals surface area contributed by atoms with Gasteiger partial charge >= 0.3 is 0 Å². The van der Waals surface area contributed by atoms with E-state index in [1.807, 2.05) is 0 Å². The Labute approximate surface area is 161 Å². The number of sulfone groups is 1. The van der Waals surface area contributed by atoms with E-state index in [2.05, 4.69) is 4.72 Å². The summed E-state index contributed by atoms with van der Waals surface area (Å²) in [6.07, 6.45) is 0. The summed E-state index contributed by atoms with van der Waals surface area (Å²) in [5.41, 5.74) is 0.479. The third-order valence-electron chi connectivity index (χ3n) is 3.90. The zero-order valence-corrected chi connectivity index (χ0v) is 16.4. The lowest BCUT2D eigenvalue weighted by atomic mass is 10.1. The number of nitrogens with one attached hydrogen (secondary N) is 1. The molecule has 0 aliphatic heterocycles. The van der Waals surface area contributed by atoms with Gasteiger partial charge in [-0.1, -0.05) is 36.4 Å². The third-order valence-corrected chi connectivity index (χ3v) is 8.88. The third kappa shape index (κ3) is 4.44. The van der Waals surface area contributed by atoms with E-state index in [0.29, 0.717) is 5.56 Å². The molecule has 1 atom stereocenters. The lowest BCUT2D eigenvalue weighted by molar-refractivity contribution is 0.569. The van der Waals surface area contributed by atoms with E-state index in [1.54, 1.807) is 41.8 Å². The molecule has 5 nitrogen and oxygen atoms in total. The molecule has 1 aromatic heterocycles. The minimum absolute atomic E-state index is 0.135. The highest BCUT2D eigenvalue weighted by Crippen LogP contribution is 2.31. The highest BCUT2D eigenvalue weighted by molar-refractivity contribution is 7.93. The van der Waals surface area contributed by atoms with Crippen LogP contribution in [0.4, 0.5) is 4.39 Å². The van der Waals surface area contributed by atoms with Crippen LogP contribution in [0, 0.1) is 5.82 Å². The summed E-state index contributed by atoms with van der Waals surface area (Å²) >= 11 is 1.08. The molecule has 9 heteroatoms. The fourth-order valence-electron chi connectivity index (χ4n) is 2.52. The average Bonchev–Trinajstić information content (AvgIpc) is 3.18. The van der Waals surface area contributed by atoms with Crippen molar-refractivity contribution < 1.29 is 21.2 Å². The van der Waals surface area contributed by atoms with E-state index in [9.17, 15) is 21.2 Å². The first-order valence-electron chi connectivity index (χ1n) is 7.88. The molecule has 0 saturated heterocycles. The number of thiophene rings is 1. The van der Waals surface area contributed by atoms with Crippen LogP contribution in [0.25, 0.3) is 0 Å². The first kappa shape index (κ1) is 19.7. The standard InChI is InChI=1S/C18H16FNO4S3/c19-15-8-10-16(11-9-15)27(23,24)20-13-17(14-5-2-1-3-6-14)26(21,22)18-7-4-12-25-18/h1-12,17,20H,13H2/t17-/m0/s1. The van der Waals surface area contributed by atoms with Gasteiger partial charge in [-0.25, -0.2) is 25.9 Å². The van der Waals surface area contributed by atoms with E-state index in [4.69, 9.17) is 0 Å². The van der Waals surface area contributed by atoms with E-state index in [0.717, 1.165) is 35.6 Å². The van der Waals surface area contributed by atoms with Crippen molar-refractivity contribution in [3.05, 3.63) is 83.5 Å². The van der Waals surface area contributed by atoms with Crippen LogP contribution in [-0.2, 0) is 19.9 Å². The molecule has 0 bridgehead atoms. The van der Waals surface area contributed by atoms with Crippen molar-refractivity contribution in [3.8, 4) is 0 Å². The minimum atomic E-state index is -3.99. The smallest absolute Gasteiger partial charge is 0.222 e. The summed E-state index contributed by atoms with van der Waals surface area (Å²) in [4.78, 5) is -0.135. The molecule has 2 aromatic carbocycles.